The zero-order valence-corrected chi connectivity index (χ0v) is 15.8. The number of fused-ring (bicyclic) bond motifs is 2. The van der Waals surface area contributed by atoms with E-state index in [-0.39, 0.29) is 0 Å². The van der Waals surface area contributed by atoms with Gasteiger partial charge in [-0.3, -0.25) is 4.98 Å². The normalized spacial score (nSPS) is 16.9. The highest BCUT2D eigenvalue weighted by atomic mass is 16.3. The standard InChI is InChI=1S/C21H22N6O/c1-13-11-28-21-19(13)20(25-12-26-21)27-5-4-18-15(10-27)6-14(8-24-18)16(7-22)9-23-17-2-3-17/h6-9,11-12,17,22-23H,2-5,10H2,1H3/b16-9+,22-7?. The van der Waals surface area contributed by atoms with Gasteiger partial charge in [-0.1, -0.05) is 0 Å². The van der Waals surface area contributed by atoms with E-state index in [4.69, 9.17) is 9.83 Å². The molecule has 1 aliphatic heterocycles. The molecule has 2 aliphatic rings. The van der Waals surface area contributed by atoms with Gasteiger partial charge in [-0.25, -0.2) is 9.97 Å². The SMILES string of the molecule is Cc1coc2ncnc(N3CCc4ncc(/C(C=N)=C/NC5CC5)cc4C3)c12. The fourth-order valence-electron chi connectivity index (χ4n) is 3.67. The van der Waals surface area contributed by atoms with E-state index >= 15 is 0 Å². The Hall–Kier alpha value is -3.22. The van der Waals surface area contributed by atoms with E-state index in [1.54, 1.807) is 12.6 Å². The summed E-state index contributed by atoms with van der Waals surface area (Å²) in [4.78, 5) is 15.7. The van der Waals surface area contributed by atoms with E-state index in [9.17, 15) is 0 Å². The van der Waals surface area contributed by atoms with Crippen LogP contribution in [0.3, 0.4) is 0 Å². The van der Waals surface area contributed by atoms with Crippen molar-refractivity contribution in [3.8, 4) is 0 Å². The third kappa shape index (κ3) is 3.02. The fourth-order valence-corrected chi connectivity index (χ4v) is 3.67. The molecule has 0 atom stereocenters. The lowest BCUT2D eigenvalue weighted by Gasteiger charge is -2.29. The van der Waals surface area contributed by atoms with Crippen LogP contribution in [0.4, 0.5) is 5.82 Å². The number of aryl methyl sites for hydroxylation is 1. The van der Waals surface area contributed by atoms with Crippen molar-refractivity contribution in [2.24, 2.45) is 0 Å². The van der Waals surface area contributed by atoms with Crippen molar-refractivity contribution in [3.05, 3.63) is 53.4 Å². The Kier molecular flexibility index (Phi) is 4.07. The number of hydrogen-bond donors (Lipinski definition) is 2. The lowest BCUT2D eigenvalue weighted by molar-refractivity contribution is 0.599. The highest BCUT2D eigenvalue weighted by Crippen LogP contribution is 2.31. The number of nitrogens with zero attached hydrogens (tertiary/aromatic N) is 4. The maximum atomic E-state index is 7.77. The van der Waals surface area contributed by atoms with E-state index in [1.165, 1.54) is 24.6 Å². The number of pyridine rings is 1. The lowest BCUT2D eigenvalue weighted by atomic mass is 10.0. The summed E-state index contributed by atoms with van der Waals surface area (Å²) in [7, 11) is 0. The van der Waals surface area contributed by atoms with Crippen molar-refractivity contribution >= 4 is 28.7 Å². The molecule has 1 saturated carbocycles. The maximum Gasteiger partial charge on any atom is 0.231 e. The maximum absolute atomic E-state index is 7.77. The van der Waals surface area contributed by atoms with Gasteiger partial charge in [0.15, 0.2) is 0 Å². The van der Waals surface area contributed by atoms with Gasteiger partial charge >= 0.3 is 0 Å². The summed E-state index contributed by atoms with van der Waals surface area (Å²) in [6.07, 6.45) is 11.8. The van der Waals surface area contributed by atoms with Crippen LogP contribution in [0.15, 0.2) is 35.5 Å². The number of aromatic nitrogens is 3. The molecule has 0 radical (unpaired) electrons. The molecule has 3 aromatic rings. The highest BCUT2D eigenvalue weighted by molar-refractivity contribution is 6.08. The molecule has 7 nitrogen and oxygen atoms in total. The Morgan fingerprint density at radius 2 is 2.21 bits per heavy atom. The van der Waals surface area contributed by atoms with Gasteiger partial charge < -0.3 is 20.0 Å². The second-order valence-corrected chi connectivity index (χ2v) is 7.48. The Balaban J connectivity index is 1.46. The molecule has 0 spiro atoms. The topological polar surface area (TPSA) is 90.9 Å². The molecular formula is C21H22N6O. The molecule has 1 fully saturated rings. The first-order valence-corrected chi connectivity index (χ1v) is 9.61. The second-order valence-electron chi connectivity index (χ2n) is 7.48. The molecule has 1 aliphatic carbocycles. The van der Waals surface area contributed by atoms with E-state index in [0.717, 1.165) is 53.1 Å². The van der Waals surface area contributed by atoms with Crippen LogP contribution in [-0.4, -0.2) is 33.8 Å². The van der Waals surface area contributed by atoms with Gasteiger partial charge in [-0.05, 0) is 31.4 Å². The summed E-state index contributed by atoms with van der Waals surface area (Å²) >= 11 is 0. The Bertz CT molecular complexity index is 1080. The summed E-state index contributed by atoms with van der Waals surface area (Å²) in [5, 5.41) is 12.1. The van der Waals surface area contributed by atoms with Crippen molar-refractivity contribution in [2.45, 2.75) is 38.8 Å². The first kappa shape index (κ1) is 16.9. The molecule has 0 saturated heterocycles. The van der Waals surface area contributed by atoms with Gasteiger partial charge in [0.25, 0.3) is 0 Å². The molecule has 0 aromatic carbocycles. The van der Waals surface area contributed by atoms with Crippen LogP contribution < -0.4 is 10.2 Å². The molecule has 0 amide bonds. The molecule has 4 heterocycles. The average Bonchev–Trinajstić information content (AvgIpc) is 3.49. The number of hydrogen-bond acceptors (Lipinski definition) is 7. The monoisotopic (exact) mass is 374 g/mol. The average molecular weight is 374 g/mol. The number of rotatable bonds is 5. The second kappa shape index (κ2) is 6.74. The molecule has 142 valence electrons. The van der Waals surface area contributed by atoms with Crippen molar-refractivity contribution in [1.82, 2.24) is 20.3 Å². The Labute approximate surface area is 163 Å². The van der Waals surface area contributed by atoms with Crippen molar-refractivity contribution < 1.29 is 4.42 Å². The van der Waals surface area contributed by atoms with E-state index in [1.807, 2.05) is 19.3 Å². The van der Waals surface area contributed by atoms with Gasteiger partial charge in [0.05, 0.1) is 11.6 Å². The number of allylic oxidation sites excluding steroid dienone is 1. The van der Waals surface area contributed by atoms with E-state index < -0.39 is 0 Å². The zero-order chi connectivity index (χ0) is 19.1. The molecule has 3 aromatic heterocycles. The molecule has 2 N–H and O–H groups in total. The predicted octanol–water partition coefficient (Wildman–Crippen LogP) is 3.23. The van der Waals surface area contributed by atoms with Gasteiger partial charge in [0.1, 0.15) is 12.1 Å². The Morgan fingerprint density at radius 3 is 3.04 bits per heavy atom. The first-order chi connectivity index (χ1) is 13.7. The van der Waals surface area contributed by atoms with Crippen molar-refractivity contribution in [1.29, 1.82) is 5.41 Å². The summed E-state index contributed by atoms with van der Waals surface area (Å²) in [6, 6.07) is 2.72. The molecule has 5 rings (SSSR count). The lowest BCUT2D eigenvalue weighted by Crippen LogP contribution is -2.32. The van der Waals surface area contributed by atoms with Crippen LogP contribution in [0.2, 0.25) is 0 Å². The third-order valence-electron chi connectivity index (χ3n) is 5.41. The van der Waals surface area contributed by atoms with Gasteiger partial charge in [0.2, 0.25) is 5.71 Å². The van der Waals surface area contributed by atoms with Gasteiger partial charge in [-0.2, -0.15) is 0 Å². The first-order valence-electron chi connectivity index (χ1n) is 9.61. The summed E-state index contributed by atoms with van der Waals surface area (Å²) in [5.41, 5.74) is 5.79. The minimum absolute atomic E-state index is 0.564. The smallest absolute Gasteiger partial charge is 0.231 e. The highest BCUT2D eigenvalue weighted by Gasteiger charge is 2.23. The number of anilines is 1. The Morgan fingerprint density at radius 1 is 1.32 bits per heavy atom. The van der Waals surface area contributed by atoms with Crippen LogP contribution in [0.5, 0.6) is 0 Å². The van der Waals surface area contributed by atoms with Crippen molar-refractivity contribution in [3.63, 3.8) is 0 Å². The molecule has 7 heteroatoms. The molecular weight excluding hydrogens is 352 g/mol. The van der Waals surface area contributed by atoms with Crippen LogP contribution in [0.25, 0.3) is 16.7 Å². The predicted molar refractivity (Wildman–Crippen MR) is 108 cm³/mol. The fraction of sp³-hybridized carbons (Fsp3) is 0.333. The van der Waals surface area contributed by atoms with Crippen LogP contribution >= 0.6 is 0 Å². The third-order valence-corrected chi connectivity index (χ3v) is 5.41. The number of furan rings is 1. The summed E-state index contributed by atoms with van der Waals surface area (Å²) in [6.45, 7) is 3.60. The van der Waals surface area contributed by atoms with E-state index in [2.05, 4.69) is 31.2 Å². The zero-order valence-electron chi connectivity index (χ0n) is 15.8. The van der Waals surface area contributed by atoms with Crippen LogP contribution in [0, 0.1) is 12.3 Å². The van der Waals surface area contributed by atoms with Crippen LogP contribution in [0.1, 0.15) is 35.2 Å². The quantitative estimate of drug-likeness (QED) is 0.666. The van der Waals surface area contributed by atoms with Gasteiger partial charge in [0, 0.05) is 66.6 Å². The number of nitrogens with one attached hydrogen (secondary N) is 2. The molecule has 28 heavy (non-hydrogen) atoms. The summed E-state index contributed by atoms with van der Waals surface area (Å²) < 4.78 is 5.54. The molecule has 0 unspecified atom stereocenters. The minimum atomic E-state index is 0.564. The molecule has 0 bridgehead atoms. The van der Waals surface area contributed by atoms with E-state index in [0.29, 0.717) is 11.8 Å². The van der Waals surface area contributed by atoms with Gasteiger partial charge in [-0.15, -0.1) is 0 Å². The largest absolute Gasteiger partial charge is 0.446 e. The van der Waals surface area contributed by atoms with Crippen LogP contribution in [-0.2, 0) is 13.0 Å². The van der Waals surface area contributed by atoms with Crippen molar-refractivity contribution in [2.75, 3.05) is 11.4 Å². The minimum Gasteiger partial charge on any atom is -0.446 e. The summed E-state index contributed by atoms with van der Waals surface area (Å²) in [5.74, 6) is 0.908.